The van der Waals surface area contributed by atoms with Gasteiger partial charge < -0.3 is 5.11 Å². The van der Waals surface area contributed by atoms with Crippen LogP contribution in [0.25, 0.3) is 0 Å². The third kappa shape index (κ3) is 1.13. The average molecular weight is 167 g/mol. The minimum absolute atomic E-state index is 0.428. The summed E-state index contributed by atoms with van der Waals surface area (Å²) in [6.07, 6.45) is 1.04. The van der Waals surface area contributed by atoms with Crippen LogP contribution in [0.5, 0.6) is 0 Å². The van der Waals surface area contributed by atoms with E-state index in [1.54, 1.807) is 6.07 Å². The summed E-state index contributed by atoms with van der Waals surface area (Å²) in [6.45, 7) is 0.899. The van der Waals surface area contributed by atoms with E-state index >= 15 is 0 Å². The molecule has 2 N–H and O–H groups in total. The van der Waals surface area contributed by atoms with E-state index in [4.69, 9.17) is 5.11 Å². The van der Waals surface area contributed by atoms with E-state index in [2.05, 4.69) is 10.4 Å². The number of rotatable bonds is 1. The van der Waals surface area contributed by atoms with Gasteiger partial charge >= 0.3 is 6.09 Å². The Labute approximate surface area is 69.0 Å². The number of amides is 1. The first-order chi connectivity index (χ1) is 5.75. The van der Waals surface area contributed by atoms with Gasteiger partial charge in [0.25, 0.3) is 0 Å². The first kappa shape index (κ1) is 7.15. The fourth-order valence-electron chi connectivity index (χ4n) is 1.43. The Hall–Kier alpha value is -1.52. The van der Waals surface area contributed by atoms with Gasteiger partial charge in [0.1, 0.15) is 0 Å². The predicted molar refractivity (Wildman–Crippen MR) is 42.2 cm³/mol. The number of carboxylic acid groups (broad SMARTS) is 1. The molecule has 64 valence electrons. The maximum absolute atomic E-state index is 10.2. The van der Waals surface area contributed by atoms with Gasteiger partial charge in [-0.3, -0.25) is 10.00 Å². The highest BCUT2D eigenvalue weighted by Gasteiger charge is 2.13. The zero-order valence-corrected chi connectivity index (χ0v) is 6.45. The highest BCUT2D eigenvalue weighted by molar-refractivity contribution is 5.81. The molecule has 0 atom stereocenters. The average Bonchev–Trinajstić information content (AvgIpc) is 2.43. The van der Waals surface area contributed by atoms with Crippen molar-refractivity contribution in [2.75, 3.05) is 5.32 Å². The number of anilines is 1. The molecule has 0 unspecified atom stereocenters. The number of nitrogens with one attached hydrogen (secondary N) is 1. The molecule has 2 heterocycles. The fraction of sp³-hybridized carbons (Fsp3) is 0.429. The van der Waals surface area contributed by atoms with E-state index in [0.717, 1.165) is 25.1 Å². The van der Waals surface area contributed by atoms with E-state index in [9.17, 15) is 4.79 Å². The van der Waals surface area contributed by atoms with Gasteiger partial charge in [-0.25, -0.2) is 4.79 Å². The third-order valence-corrected chi connectivity index (χ3v) is 1.90. The van der Waals surface area contributed by atoms with Gasteiger partial charge in [0.15, 0.2) is 5.82 Å². The second-order valence-electron chi connectivity index (χ2n) is 2.78. The summed E-state index contributed by atoms with van der Waals surface area (Å²) in [5.41, 5.74) is 1.11. The smallest absolute Gasteiger partial charge is 0.410 e. The van der Waals surface area contributed by atoms with E-state index in [1.165, 1.54) is 0 Å². The number of aryl methyl sites for hydroxylation is 2. The summed E-state index contributed by atoms with van der Waals surface area (Å²) in [7, 11) is 0. The Kier molecular flexibility index (Phi) is 1.49. The number of nitrogens with zero attached hydrogens (tertiary/aromatic N) is 2. The van der Waals surface area contributed by atoms with E-state index < -0.39 is 6.09 Å². The second kappa shape index (κ2) is 2.51. The van der Waals surface area contributed by atoms with Crippen molar-refractivity contribution in [3.63, 3.8) is 0 Å². The normalized spacial score (nSPS) is 14.3. The molecule has 0 spiro atoms. The molecule has 1 aliphatic heterocycles. The van der Waals surface area contributed by atoms with Crippen LogP contribution in [-0.2, 0) is 13.0 Å². The van der Waals surface area contributed by atoms with E-state index in [-0.39, 0.29) is 0 Å². The molecule has 0 radical (unpaired) electrons. The summed E-state index contributed by atoms with van der Waals surface area (Å²) in [4.78, 5) is 10.2. The highest BCUT2D eigenvalue weighted by Crippen LogP contribution is 2.17. The molecule has 5 heteroatoms. The minimum atomic E-state index is -1.06. The molecule has 1 aromatic rings. The maximum atomic E-state index is 10.2. The van der Waals surface area contributed by atoms with Crippen LogP contribution in [0, 0.1) is 0 Å². The lowest BCUT2D eigenvalue weighted by Gasteiger charge is -1.93. The van der Waals surface area contributed by atoms with Crippen LogP contribution < -0.4 is 5.32 Å². The van der Waals surface area contributed by atoms with E-state index in [0.29, 0.717) is 5.82 Å². The van der Waals surface area contributed by atoms with Gasteiger partial charge in [-0.2, -0.15) is 5.10 Å². The quantitative estimate of drug-likeness (QED) is 0.653. The molecule has 0 fully saturated rings. The lowest BCUT2D eigenvalue weighted by atomic mass is 10.3. The van der Waals surface area contributed by atoms with Gasteiger partial charge in [-0.15, -0.1) is 0 Å². The van der Waals surface area contributed by atoms with Crippen molar-refractivity contribution in [3.05, 3.63) is 11.8 Å². The molecule has 0 aromatic carbocycles. The highest BCUT2D eigenvalue weighted by atomic mass is 16.4. The summed E-state index contributed by atoms with van der Waals surface area (Å²) < 4.78 is 1.84. The molecular weight excluding hydrogens is 158 g/mol. The number of hydrogen-bond acceptors (Lipinski definition) is 2. The maximum Gasteiger partial charge on any atom is 0.410 e. The van der Waals surface area contributed by atoms with Crippen molar-refractivity contribution in [1.29, 1.82) is 0 Å². The monoisotopic (exact) mass is 167 g/mol. The largest absolute Gasteiger partial charge is 0.465 e. The van der Waals surface area contributed by atoms with Crippen LogP contribution in [0.1, 0.15) is 12.1 Å². The molecule has 2 rings (SSSR count). The fourth-order valence-corrected chi connectivity index (χ4v) is 1.43. The Balaban J connectivity index is 2.20. The topological polar surface area (TPSA) is 67.2 Å². The SMILES string of the molecule is O=C(O)Nc1cc2n(n1)CCC2. The van der Waals surface area contributed by atoms with Gasteiger partial charge in [0.2, 0.25) is 0 Å². The van der Waals surface area contributed by atoms with Crippen molar-refractivity contribution < 1.29 is 9.90 Å². The number of carbonyl (C=O) groups is 1. The second-order valence-corrected chi connectivity index (χ2v) is 2.78. The summed E-state index contributed by atoms with van der Waals surface area (Å²) in [5.74, 6) is 0.428. The Morgan fingerprint density at radius 2 is 2.58 bits per heavy atom. The summed E-state index contributed by atoms with van der Waals surface area (Å²) in [6, 6.07) is 1.78. The Morgan fingerprint density at radius 1 is 1.75 bits per heavy atom. The van der Waals surface area contributed by atoms with Crippen molar-refractivity contribution in [3.8, 4) is 0 Å². The van der Waals surface area contributed by atoms with Crippen LogP contribution in [0.3, 0.4) is 0 Å². The molecule has 12 heavy (non-hydrogen) atoms. The first-order valence-corrected chi connectivity index (χ1v) is 3.82. The molecule has 1 aliphatic rings. The van der Waals surface area contributed by atoms with Crippen molar-refractivity contribution in [1.82, 2.24) is 9.78 Å². The number of hydrogen-bond donors (Lipinski definition) is 2. The third-order valence-electron chi connectivity index (χ3n) is 1.90. The van der Waals surface area contributed by atoms with Gasteiger partial charge in [-0.05, 0) is 12.8 Å². The lowest BCUT2D eigenvalue weighted by Crippen LogP contribution is -2.08. The van der Waals surface area contributed by atoms with Gasteiger partial charge in [0, 0.05) is 18.3 Å². The summed E-state index contributed by atoms with van der Waals surface area (Å²) >= 11 is 0. The summed E-state index contributed by atoms with van der Waals surface area (Å²) in [5, 5.41) is 14.7. The van der Waals surface area contributed by atoms with Gasteiger partial charge in [-0.1, -0.05) is 0 Å². The molecule has 5 nitrogen and oxygen atoms in total. The van der Waals surface area contributed by atoms with Crippen LogP contribution in [0.15, 0.2) is 6.07 Å². The lowest BCUT2D eigenvalue weighted by molar-refractivity contribution is 0.209. The van der Waals surface area contributed by atoms with Crippen LogP contribution >= 0.6 is 0 Å². The zero-order chi connectivity index (χ0) is 8.55. The van der Waals surface area contributed by atoms with Crippen molar-refractivity contribution in [2.24, 2.45) is 0 Å². The number of aromatic nitrogens is 2. The number of fused-ring (bicyclic) bond motifs is 1. The van der Waals surface area contributed by atoms with Crippen LogP contribution in [-0.4, -0.2) is 21.0 Å². The minimum Gasteiger partial charge on any atom is -0.465 e. The molecule has 0 saturated heterocycles. The van der Waals surface area contributed by atoms with Gasteiger partial charge in [0.05, 0.1) is 0 Å². The Morgan fingerprint density at radius 3 is 3.25 bits per heavy atom. The molecule has 0 aliphatic carbocycles. The standard InChI is InChI=1S/C7H9N3O2/c11-7(12)8-6-4-5-2-1-3-10(5)9-6/h4H,1-3H2,(H,8,9)(H,11,12). The first-order valence-electron chi connectivity index (χ1n) is 3.82. The Bertz CT molecular complexity index is 297. The molecule has 1 amide bonds. The van der Waals surface area contributed by atoms with E-state index in [1.807, 2.05) is 4.68 Å². The molecule has 0 saturated carbocycles. The van der Waals surface area contributed by atoms with Crippen LogP contribution in [0.4, 0.5) is 10.6 Å². The predicted octanol–water partition coefficient (Wildman–Crippen LogP) is 0.919. The molecule has 0 bridgehead atoms. The molecular formula is C7H9N3O2. The van der Waals surface area contributed by atoms with Crippen molar-refractivity contribution in [2.45, 2.75) is 19.4 Å². The zero-order valence-electron chi connectivity index (χ0n) is 6.45. The van der Waals surface area contributed by atoms with Crippen LogP contribution in [0.2, 0.25) is 0 Å². The van der Waals surface area contributed by atoms with Crippen molar-refractivity contribution >= 4 is 11.9 Å². The molecule has 1 aromatic heterocycles.